The van der Waals surface area contributed by atoms with E-state index in [0.717, 1.165) is 5.56 Å². The first-order valence-electron chi connectivity index (χ1n) is 8.14. The number of Topliss-reactive ketones (excluding diaryl/α,β-unsaturated/α-hetero) is 1. The summed E-state index contributed by atoms with van der Waals surface area (Å²) in [6, 6.07) is 18.1. The van der Waals surface area contributed by atoms with Gasteiger partial charge in [-0.15, -0.1) is 0 Å². The predicted octanol–water partition coefficient (Wildman–Crippen LogP) is 3.07. The fourth-order valence-electron chi connectivity index (χ4n) is 2.31. The van der Waals surface area contributed by atoms with Crippen molar-refractivity contribution >= 4 is 17.7 Å². The first-order chi connectivity index (χ1) is 12.1. The van der Waals surface area contributed by atoms with Crippen LogP contribution in [0.25, 0.3) is 0 Å². The highest BCUT2D eigenvalue weighted by Crippen LogP contribution is 2.11. The number of hydrogen-bond donors (Lipinski definition) is 1. The molecule has 0 radical (unpaired) electrons. The van der Waals surface area contributed by atoms with Gasteiger partial charge in [0.1, 0.15) is 0 Å². The molecule has 0 fully saturated rings. The summed E-state index contributed by atoms with van der Waals surface area (Å²) < 4.78 is 4.92. The van der Waals surface area contributed by atoms with Crippen molar-refractivity contribution < 1.29 is 19.1 Å². The van der Waals surface area contributed by atoms with E-state index in [2.05, 4.69) is 5.32 Å². The molecule has 5 nitrogen and oxygen atoms in total. The Labute approximate surface area is 147 Å². The van der Waals surface area contributed by atoms with Gasteiger partial charge >= 0.3 is 5.97 Å². The molecule has 1 N–H and O–H groups in total. The van der Waals surface area contributed by atoms with Crippen molar-refractivity contribution in [2.45, 2.75) is 25.8 Å². The molecule has 0 spiro atoms. The van der Waals surface area contributed by atoms with E-state index in [9.17, 15) is 14.4 Å². The molecular weight excluding hydrogens is 318 g/mol. The maximum Gasteiger partial charge on any atom is 0.306 e. The lowest BCUT2D eigenvalue weighted by atomic mass is 10.1. The summed E-state index contributed by atoms with van der Waals surface area (Å²) in [6.45, 7) is 1.50. The number of benzene rings is 2. The van der Waals surface area contributed by atoms with Gasteiger partial charge in [-0.25, -0.2) is 0 Å². The van der Waals surface area contributed by atoms with E-state index in [0.29, 0.717) is 5.56 Å². The number of carbonyl (C=O) groups is 3. The Kier molecular flexibility index (Phi) is 6.89. The number of ketones is 1. The van der Waals surface area contributed by atoms with Crippen molar-refractivity contribution in [1.29, 1.82) is 0 Å². The van der Waals surface area contributed by atoms with Crippen molar-refractivity contribution in [3.63, 3.8) is 0 Å². The average Bonchev–Trinajstić information content (AvgIpc) is 2.65. The van der Waals surface area contributed by atoms with Gasteiger partial charge < -0.3 is 10.1 Å². The van der Waals surface area contributed by atoms with Gasteiger partial charge in [0, 0.05) is 12.0 Å². The van der Waals surface area contributed by atoms with Crippen molar-refractivity contribution in [3.8, 4) is 0 Å². The Bertz CT molecular complexity index is 713. The van der Waals surface area contributed by atoms with E-state index in [1.807, 2.05) is 43.3 Å². The minimum atomic E-state index is -0.563. The summed E-state index contributed by atoms with van der Waals surface area (Å²) in [5.41, 5.74) is 1.53. The molecule has 0 aliphatic carbocycles. The van der Waals surface area contributed by atoms with Crippen LogP contribution in [0.4, 0.5) is 0 Å². The van der Waals surface area contributed by atoms with Crippen LogP contribution in [0.5, 0.6) is 0 Å². The Morgan fingerprint density at radius 3 is 2.16 bits per heavy atom. The monoisotopic (exact) mass is 339 g/mol. The van der Waals surface area contributed by atoms with Gasteiger partial charge in [0.25, 0.3) is 5.91 Å². The van der Waals surface area contributed by atoms with Crippen LogP contribution in [0.2, 0.25) is 0 Å². The maximum atomic E-state index is 11.9. The maximum absolute atomic E-state index is 11.9. The van der Waals surface area contributed by atoms with Crippen molar-refractivity contribution in [1.82, 2.24) is 5.32 Å². The van der Waals surface area contributed by atoms with E-state index in [4.69, 9.17) is 4.74 Å². The summed E-state index contributed by atoms with van der Waals surface area (Å²) in [5, 5.41) is 2.76. The molecule has 25 heavy (non-hydrogen) atoms. The Hall–Kier alpha value is -2.95. The van der Waals surface area contributed by atoms with Crippen LogP contribution in [0.1, 0.15) is 41.7 Å². The van der Waals surface area contributed by atoms with Gasteiger partial charge in [0.05, 0.1) is 12.5 Å². The van der Waals surface area contributed by atoms with Crippen LogP contribution in [0.3, 0.4) is 0 Å². The number of nitrogens with one attached hydrogen (secondary N) is 1. The summed E-state index contributed by atoms with van der Waals surface area (Å²) in [7, 11) is 0. The van der Waals surface area contributed by atoms with Gasteiger partial charge in [-0.1, -0.05) is 60.7 Å². The van der Waals surface area contributed by atoms with Crippen molar-refractivity contribution in [2.24, 2.45) is 0 Å². The molecule has 0 aliphatic heterocycles. The highest BCUT2D eigenvalue weighted by atomic mass is 16.5. The second kappa shape index (κ2) is 9.37. The van der Waals surface area contributed by atoms with Crippen LogP contribution < -0.4 is 5.32 Å². The molecule has 0 bridgehead atoms. The van der Waals surface area contributed by atoms with Crippen LogP contribution >= 0.6 is 0 Å². The zero-order valence-electron chi connectivity index (χ0n) is 14.1. The lowest BCUT2D eigenvalue weighted by molar-refractivity contribution is -0.148. The first kappa shape index (κ1) is 18.4. The topological polar surface area (TPSA) is 72.5 Å². The summed E-state index contributed by atoms with van der Waals surface area (Å²) in [5.74, 6) is -1.06. The SMILES string of the molecule is C[C@@H](NC(=O)COC(=O)CCC(=O)c1ccccc1)c1ccccc1. The third kappa shape index (κ3) is 6.22. The summed E-state index contributed by atoms with van der Waals surface area (Å²) >= 11 is 0. The van der Waals surface area contributed by atoms with Crippen LogP contribution in [-0.2, 0) is 14.3 Å². The fraction of sp³-hybridized carbons (Fsp3) is 0.250. The van der Waals surface area contributed by atoms with Crippen molar-refractivity contribution in [2.75, 3.05) is 6.61 Å². The van der Waals surface area contributed by atoms with E-state index in [-0.39, 0.29) is 37.2 Å². The Balaban J connectivity index is 1.69. The van der Waals surface area contributed by atoms with E-state index >= 15 is 0 Å². The lowest BCUT2D eigenvalue weighted by Crippen LogP contribution is -2.31. The molecule has 1 atom stereocenters. The number of rotatable bonds is 8. The molecule has 1 amide bonds. The molecular formula is C20H21NO4. The molecule has 0 saturated heterocycles. The van der Waals surface area contributed by atoms with Crippen LogP contribution in [-0.4, -0.2) is 24.3 Å². The van der Waals surface area contributed by atoms with E-state index < -0.39 is 5.97 Å². The largest absolute Gasteiger partial charge is 0.456 e. The third-order valence-corrected chi connectivity index (χ3v) is 3.69. The third-order valence-electron chi connectivity index (χ3n) is 3.69. The molecule has 0 aromatic heterocycles. The number of esters is 1. The van der Waals surface area contributed by atoms with Gasteiger partial charge in [-0.05, 0) is 12.5 Å². The normalized spacial score (nSPS) is 11.4. The van der Waals surface area contributed by atoms with E-state index in [1.165, 1.54) is 0 Å². The number of carbonyl (C=O) groups excluding carboxylic acids is 3. The zero-order valence-corrected chi connectivity index (χ0v) is 14.1. The Morgan fingerprint density at radius 2 is 1.52 bits per heavy atom. The standard InChI is InChI=1S/C20H21NO4/c1-15(16-8-4-2-5-9-16)21-19(23)14-25-20(24)13-12-18(22)17-10-6-3-7-11-17/h2-11,15H,12-14H2,1H3,(H,21,23)/t15-/m1/s1. The fourth-order valence-corrected chi connectivity index (χ4v) is 2.31. The zero-order chi connectivity index (χ0) is 18.1. The van der Waals surface area contributed by atoms with Crippen molar-refractivity contribution in [3.05, 3.63) is 71.8 Å². The van der Waals surface area contributed by atoms with Gasteiger partial charge in [-0.2, -0.15) is 0 Å². The minimum absolute atomic E-state index is 0.0464. The Morgan fingerprint density at radius 1 is 0.920 bits per heavy atom. The molecule has 0 heterocycles. The molecule has 5 heteroatoms. The molecule has 2 rings (SSSR count). The molecule has 0 saturated carbocycles. The second-order valence-corrected chi connectivity index (χ2v) is 5.65. The van der Waals surface area contributed by atoms with Crippen LogP contribution in [0.15, 0.2) is 60.7 Å². The number of amides is 1. The lowest BCUT2D eigenvalue weighted by Gasteiger charge is -2.14. The minimum Gasteiger partial charge on any atom is -0.456 e. The molecule has 0 aliphatic rings. The highest BCUT2D eigenvalue weighted by Gasteiger charge is 2.13. The predicted molar refractivity (Wildman–Crippen MR) is 94.0 cm³/mol. The van der Waals surface area contributed by atoms with Crippen LogP contribution in [0, 0.1) is 0 Å². The summed E-state index contributed by atoms with van der Waals surface area (Å²) in [4.78, 5) is 35.4. The average molecular weight is 339 g/mol. The van der Waals surface area contributed by atoms with Gasteiger partial charge in [-0.3, -0.25) is 14.4 Å². The molecule has 2 aromatic carbocycles. The quantitative estimate of drug-likeness (QED) is 0.592. The summed E-state index contributed by atoms with van der Waals surface area (Å²) in [6.07, 6.45) is 0.0140. The number of ether oxygens (including phenoxy) is 1. The van der Waals surface area contributed by atoms with Gasteiger partial charge in [0.2, 0.25) is 0 Å². The smallest absolute Gasteiger partial charge is 0.306 e. The highest BCUT2D eigenvalue weighted by molar-refractivity contribution is 5.97. The first-order valence-corrected chi connectivity index (χ1v) is 8.14. The van der Waals surface area contributed by atoms with Gasteiger partial charge in [0.15, 0.2) is 12.4 Å². The molecule has 0 unspecified atom stereocenters. The molecule has 2 aromatic rings. The second-order valence-electron chi connectivity index (χ2n) is 5.65. The number of hydrogen-bond acceptors (Lipinski definition) is 4. The molecule has 130 valence electrons. The van der Waals surface area contributed by atoms with E-state index in [1.54, 1.807) is 24.3 Å².